The third-order valence-corrected chi connectivity index (χ3v) is 6.52. The molecule has 1 heterocycles. The number of thiazole rings is 1. The van der Waals surface area contributed by atoms with Crippen LogP contribution < -0.4 is 4.80 Å². The average molecular weight is 449 g/mol. The normalized spacial score (nSPS) is 12.3. The summed E-state index contributed by atoms with van der Waals surface area (Å²) in [5, 5.41) is 0. The van der Waals surface area contributed by atoms with E-state index in [1.165, 1.54) is 42.7 Å². The Morgan fingerprint density at radius 3 is 2.33 bits per heavy atom. The van der Waals surface area contributed by atoms with Crippen molar-refractivity contribution in [2.45, 2.75) is 11.4 Å². The van der Waals surface area contributed by atoms with Crippen molar-refractivity contribution in [3.63, 3.8) is 0 Å². The second-order valence-electron chi connectivity index (χ2n) is 6.42. The lowest BCUT2D eigenvalue weighted by Crippen LogP contribution is -2.19. The van der Waals surface area contributed by atoms with E-state index in [0.717, 1.165) is 16.5 Å². The van der Waals surface area contributed by atoms with E-state index in [4.69, 9.17) is 9.47 Å². The Bertz CT molecular complexity index is 1270. The van der Waals surface area contributed by atoms with E-state index in [1.807, 2.05) is 4.57 Å². The lowest BCUT2D eigenvalue weighted by atomic mass is 10.2. The number of sulfone groups is 1. The maximum absolute atomic E-state index is 12.7. The Labute approximate surface area is 177 Å². The summed E-state index contributed by atoms with van der Waals surface area (Å²) in [6.07, 6.45) is 1.10. The van der Waals surface area contributed by atoms with Crippen molar-refractivity contribution in [3.05, 3.63) is 58.4 Å². The number of hydrogen-bond donors (Lipinski definition) is 0. The summed E-state index contributed by atoms with van der Waals surface area (Å²) in [4.78, 5) is 29.3. The predicted molar refractivity (Wildman–Crippen MR) is 112 cm³/mol. The SMILES string of the molecule is COCCn1c(=NC(=O)c2ccc(S(C)(=O)=O)cc2)sc2cc(C(=O)OC)ccc21. The molecule has 1 aromatic heterocycles. The number of methoxy groups -OCH3 is 2. The van der Waals surface area contributed by atoms with Crippen LogP contribution in [0.4, 0.5) is 0 Å². The standard InChI is InChI=1S/C20H20N2O6S2/c1-27-11-10-22-16-9-6-14(19(24)28-2)12-17(16)29-20(22)21-18(23)13-4-7-15(8-5-13)30(3,25)26/h4-9,12H,10-11H2,1-3H3. The molecule has 0 N–H and O–H groups in total. The van der Waals surface area contributed by atoms with Crippen LogP contribution in [0.25, 0.3) is 10.2 Å². The van der Waals surface area contributed by atoms with Crippen molar-refractivity contribution in [3.8, 4) is 0 Å². The highest BCUT2D eigenvalue weighted by molar-refractivity contribution is 7.90. The van der Waals surface area contributed by atoms with Crippen molar-refractivity contribution in [1.29, 1.82) is 0 Å². The molecule has 0 radical (unpaired) electrons. The number of amides is 1. The van der Waals surface area contributed by atoms with Gasteiger partial charge in [-0.05, 0) is 42.5 Å². The number of hydrogen-bond acceptors (Lipinski definition) is 7. The zero-order valence-corrected chi connectivity index (χ0v) is 18.2. The Balaban J connectivity index is 2.06. The summed E-state index contributed by atoms with van der Waals surface area (Å²) in [5.74, 6) is -0.949. The summed E-state index contributed by atoms with van der Waals surface area (Å²) in [6, 6.07) is 10.8. The third kappa shape index (κ3) is 4.66. The number of fused-ring (bicyclic) bond motifs is 1. The molecule has 1 amide bonds. The van der Waals surface area contributed by atoms with Crippen LogP contribution in [0.2, 0.25) is 0 Å². The lowest BCUT2D eigenvalue weighted by molar-refractivity contribution is 0.0600. The number of esters is 1. The molecule has 0 bridgehead atoms. The molecule has 0 atom stereocenters. The van der Waals surface area contributed by atoms with Crippen molar-refractivity contribution in [2.24, 2.45) is 4.99 Å². The number of carbonyl (C=O) groups is 2. The van der Waals surface area contributed by atoms with E-state index in [0.29, 0.717) is 23.5 Å². The Hall–Kier alpha value is -2.82. The number of rotatable bonds is 6. The fourth-order valence-electron chi connectivity index (χ4n) is 2.80. The molecule has 0 saturated heterocycles. The zero-order valence-electron chi connectivity index (χ0n) is 16.6. The predicted octanol–water partition coefficient (Wildman–Crippen LogP) is 2.28. The maximum Gasteiger partial charge on any atom is 0.337 e. The molecule has 0 aliphatic rings. The Morgan fingerprint density at radius 1 is 1.07 bits per heavy atom. The minimum atomic E-state index is -3.35. The van der Waals surface area contributed by atoms with Gasteiger partial charge in [-0.3, -0.25) is 4.79 Å². The van der Waals surface area contributed by atoms with Gasteiger partial charge in [-0.25, -0.2) is 13.2 Å². The van der Waals surface area contributed by atoms with Crippen LogP contribution >= 0.6 is 11.3 Å². The van der Waals surface area contributed by atoms with Gasteiger partial charge in [0.25, 0.3) is 5.91 Å². The summed E-state index contributed by atoms with van der Waals surface area (Å²) in [6.45, 7) is 0.877. The molecule has 30 heavy (non-hydrogen) atoms. The van der Waals surface area contributed by atoms with E-state index in [9.17, 15) is 18.0 Å². The molecule has 2 aromatic carbocycles. The zero-order chi connectivity index (χ0) is 21.9. The van der Waals surface area contributed by atoms with Gasteiger partial charge in [-0.15, -0.1) is 0 Å². The molecule has 8 nitrogen and oxygen atoms in total. The van der Waals surface area contributed by atoms with Gasteiger partial charge in [0, 0.05) is 25.5 Å². The summed E-state index contributed by atoms with van der Waals surface area (Å²) in [7, 11) is -0.455. The van der Waals surface area contributed by atoms with Gasteiger partial charge in [0.1, 0.15) is 0 Å². The van der Waals surface area contributed by atoms with Crippen LogP contribution in [0.1, 0.15) is 20.7 Å². The van der Waals surface area contributed by atoms with Gasteiger partial charge in [0.05, 0.1) is 34.4 Å². The molecule has 0 aliphatic carbocycles. The van der Waals surface area contributed by atoms with Gasteiger partial charge in [-0.2, -0.15) is 4.99 Å². The summed E-state index contributed by atoms with van der Waals surface area (Å²) in [5.41, 5.74) is 1.48. The van der Waals surface area contributed by atoms with E-state index < -0.39 is 21.7 Å². The van der Waals surface area contributed by atoms with Crippen molar-refractivity contribution < 1.29 is 27.5 Å². The second kappa shape index (κ2) is 8.90. The van der Waals surface area contributed by atoms with Crippen LogP contribution in [-0.2, 0) is 25.9 Å². The van der Waals surface area contributed by atoms with Gasteiger partial charge in [0.15, 0.2) is 14.6 Å². The first kappa shape index (κ1) is 21.9. The minimum absolute atomic E-state index is 0.131. The molecule has 3 aromatic rings. The Morgan fingerprint density at radius 2 is 1.73 bits per heavy atom. The van der Waals surface area contributed by atoms with E-state index in [1.54, 1.807) is 25.3 Å². The number of carbonyl (C=O) groups excluding carboxylic acids is 2. The van der Waals surface area contributed by atoms with Crippen LogP contribution in [0, 0.1) is 0 Å². The maximum atomic E-state index is 12.7. The largest absolute Gasteiger partial charge is 0.465 e. The van der Waals surface area contributed by atoms with Crippen LogP contribution in [-0.4, -0.2) is 51.9 Å². The third-order valence-electron chi connectivity index (χ3n) is 4.35. The van der Waals surface area contributed by atoms with Gasteiger partial charge < -0.3 is 14.0 Å². The molecule has 0 fully saturated rings. The lowest BCUT2D eigenvalue weighted by Gasteiger charge is -2.05. The topological polar surface area (TPSA) is 104 Å². The molecule has 158 valence electrons. The van der Waals surface area contributed by atoms with Crippen molar-refractivity contribution in [1.82, 2.24) is 4.57 Å². The molecule has 0 unspecified atom stereocenters. The molecular weight excluding hydrogens is 428 g/mol. The second-order valence-corrected chi connectivity index (χ2v) is 9.44. The molecule has 0 spiro atoms. The molecule has 10 heteroatoms. The number of nitrogens with zero attached hydrogens (tertiary/aromatic N) is 2. The van der Waals surface area contributed by atoms with E-state index in [2.05, 4.69) is 4.99 Å². The van der Waals surface area contributed by atoms with Gasteiger partial charge >= 0.3 is 5.97 Å². The average Bonchev–Trinajstić information content (AvgIpc) is 3.07. The minimum Gasteiger partial charge on any atom is -0.465 e. The van der Waals surface area contributed by atoms with E-state index >= 15 is 0 Å². The smallest absolute Gasteiger partial charge is 0.337 e. The van der Waals surface area contributed by atoms with Crippen LogP contribution in [0.3, 0.4) is 0 Å². The first-order chi connectivity index (χ1) is 14.2. The van der Waals surface area contributed by atoms with Crippen molar-refractivity contribution >= 4 is 43.3 Å². The van der Waals surface area contributed by atoms with Crippen LogP contribution in [0.5, 0.6) is 0 Å². The highest BCUT2D eigenvalue weighted by atomic mass is 32.2. The summed E-state index contributed by atoms with van der Waals surface area (Å²) < 4.78 is 35.7. The first-order valence-corrected chi connectivity index (χ1v) is 11.5. The fourth-order valence-corrected chi connectivity index (χ4v) is 4.52. The number of ether oxygens (including phenoxy) is 2. The number of aromatic nitrogens is 1. The van der Waals surface area contributed by atoms with Crippen LogP contribution in [0.15, 0.2) is 52.4 Å². The Kier molecular flexibility index (Phi) is 6.49. The molecule has 0 saturated carbocycles. The molecule has 3 rings (SSSR count). The van der Waals surface area contributed by atoms with Crippen molar-refractivity contribution in [2.75, 3.05) is 27.1 Å². The highest BCUT2D eigenvalue weighted by Crippen LogP contribution is 2.20. The van der Waals surface area contributed by atoms with E-state index in [-0.39, 0.29) is 10.5 Å². The quantitative estimate of drug-likeness (QED) is 0.536. The highest BCUT2D eigenvalue weighted by Gasteiger charge is 2.13. The van der Waals surface area contributed by atoms with Gasteiger partial charge in [0.2, 0.25) is 0 Å². The molecular formula is C20H20N2O6S2. The molecule has 0 aliphatic heterocycles. The first-order valence-electron chi connectivity index (χ1n) is 8.84. The monoisotopic (exact) mass is 448 g/mol. The number of benzene rings is 2. The fraction of sp³-hybridized carbons (Fsp3) is 0.250. The van der Waals surface area contributed by atoms with Gasteiger partial charge in [-0.1, -0.05) is 11.3 Å². The summed E-state index contributed by atoms with van der Waals surface area (Å²) >= 11 is 1.26.